The number of alkyl halides is 3. The SMILES string of the molecule is O=c1c(-c2ccccc2)c[nH]nc1-c1cccc(C(F)(F)F)c1. The molecular weight excluding hydrogens is 305 g/mol. The van der Waals surface area contributed by atoms with Crippen LogP contribution in [0, 0.1) is 0 Å². The van der Waals surface area contributed by atoms with Gasteiger partial charge in [-0.25, -0.2) is 0 Å². The lowest BCUT2D eigenvalue weighted by atomic mass is 10.0. The Morgan fingerprint density at radius 3 is 2.30 bits per heavy atom. The maximum Gasteiger partial charge on any atom is 0.416 e. The Labute approximate surface area is 129 Å². The summed E-state index contributed by atoms with van der Waals surface area (Å²) < 4.78 is 38.5. The number of benzene rings is 2. The summed E-state index contributed by atoms with van der Waals surface area (Å²) >= 11 is 0. The van der Waals surface area contributed by atoms with E-state index in [2.05, 4.69) is 10.2 Å². The maximum atomic E-state index is 12.8. The molecule has 0 aliphatic rings. The molecule has 0 spiro atoms. The van der Waals surface area contributed by atoms with Gasteiger partial charge in [0, 0.05) is 17.3 Å². The molecule has 2 aromatic carbocycles. The molecule has 0 aliphatic carbocycles. The van der Waals surface area contributed by atoms with Crippen LogP contribution in [0.4, 0.5) is 13.2 Å². The van der Waals surface area contributed by atoms with E-state index in [1.807, 2.05) is 6.07 Å². The molecule has 0 saturated carbocycles. The van der Waals surface area contributed by atoms with Crippen molar-refractivity contribution in [3.8, 4) is 22.4 Å². The van der Waals surface area contributed by atoms with Crippen molar-refractivity contribution in [1.82, 2.24) is 10.2 Å². The zero-order valence-electron chi connectivity index (χ0n) is 11.8. The highest BCUT2D eigenvalue weighted by atomic mass is 19.4. The van der Waals surface area contributed by atoms with Crippen molar-refractivity contribution < 1.29 is 13.2 Å². The Bertz CT molecular complexity index is 886. The molecule has 0 amide bonds. The lowest BCUT2D eigenvalue weighted by Crippen LogP contribution is -2.12. The fourth-order valence-corrected chi connectivity index (χ4v) is 2.28. The van der Waals surface area contributed by atoms with Crippen LogP contribution in [0.2, 0.25) is 0 Å². The van der Waals surface area contributed by atoms with E-state index in [1.165, 1.54) is 18.3 Å². The molecule has 0 atom stereocenters. The third-order valence-electron chi connectivity index (χ3n) is 3.39. The van der Waals surface area contributed by atoms with Gasteiger partial charge in [0.1, 0.15) is 5.69 Å². The number of halogens is 3. The highest BCUT2D eigenvalue weighted by Gasteiger charge is 2.30. The molecule has 0 fully saturated rings. The normalized spacial score (nSPS) is 11.4. The minimum Gasteiger partial charge on any atom is -0.287 e. The van der Waals surface area contributed by atoms with E-state index in [4.69, 9.17) is 0 Å². The van der Waals surface area contributed by atoms with E-state index < -0.39 is 17.2 Å². The summed E-state index contributed by atoms with van der Waals surface area (Å²) in [4.78, 5) is 12.6. The van der Waals surface area contributed by atoms with Gasteiger partial charge in [0.05, 0.1) is 5.56 Å². The number of hydrogen-bond donors (Lipinski definition) is 1. The van der Waals surface area contributed by atoms with Crippen molar-refractivity contribution in [3.63, 3.8) is 0 Å². The van der Waals surface area contributed by atoms with Gasteiger partial charge in [-0.2, -0.15) is 18.3 Å². The standard InChI is InChI=1S/C17H11F3N2O/c18-17(19,20)13-8-4-7-12(9-13)15-16(23)14(10-21-22-15)11-5-2-1-3-6-11/h1-10H,(H,21,23). The quantitative estimate of drug-likeness (QED) is 0.773. The van der Waals surface area contributed by atoms with Crippen LogP contribution in [0.1, 0.15) is 5.56 Å². The highest BCUT2D eigenvalue weighted by molar-refractivity contribution is 5.69. The highest BCUT2D eigenvalue weighted by Crippen LogP contribution is 2.31. The number of aromatic nitrogens is 2. The van der Waals surface area contributed by atoms with Crippen LogP contribution in [0.25, 0.3) is 22.4 Å². The third-order valence-corrected chi connectivity index (χ3v) is 3.39. The first kappa shape index (κ1) is 15.0. The van der Waals surface area contributed by atoms with Crippen molar-refractivity contribution in [3.05, 3.63) is 76.6 Å². The van der Waals surface area contributed by atoms with Crippen LogP contribution in [-0.4, -0.2) is 10.2 Å². The summed E-state index contributed by atoms with van der Waals surface area (Å²) in [5, 5.41) is 6.45. The van der Waals surface area contributed by atoms with Crippen LogP contribution < -0.4 is 5.43 Å². The van der Waals surface area contributed by atoms with Gasteiger partial charge in [-0.05, 0) is 17.7 Å². The monoisotopic (exact) mass is 316 g/mol. The van der Waals surface area contributed by atoms with Crippen LogP contribution in [0.15, 0.2) is 65.6 Å². The number of hydrogen-bond acceptors (Lipinski definition) is 2. The Hall–Kier alpha value is -2.89. The van der Waals surface area contributed by atoms with Crippen molar-refractivity contribution in [2.75, 3.05) is 0 Å². The molecule has 6 heteroatoms. The van der Waals surface area contributed by atoms with E-state index in [-0.39, 0.29) is 11.3 Å². The van der Waals surface area contributed by atoms with Crippen LogP contribution in [0.3, 0.4) is 0 Å². The molecule has 3 nitrogen and oxygen atoms in total. The Morgan fingerprint density at radius 2 is 1.61 bits per heavy atom. The van der Waals surface area contributed by atoms with E-state index in [0.29, 0.717) is 11.1 Å². The lowest BCUT2D eigenvalue weighted by Gasteiger charge is -2.08. The van der Waals surface area contributed by atoms with Gasteiger partial charge in [-0.3, -0.25) is 9.89 Å². The second kappa shape index (κ2) is 5.72. The first-order valence-electron chi connectivity index (χ1n) is 6.78. The predicted molar refractivity (Wildman–Crippen MR) is 80.7 cm³/mol. The van der Waals surface area contributed by atoms with Crippen LogP contribution in [-0.2, 0) is 6.18 Å². The van der Waals surface area contributed by atoms with Gasteiger partial charge >= 0.3 is 6.18 Å². The molecule has 0 unspecified atom stereocenters. The van der Waals surface area contributed by atoms with E-state index in [0.717, 1.165) is 12.1 Å². The average Bonchev–Trinajstić information content (AvgIpc) is 2.55. The maximum absolute atomic E-state index is 12.8. The van der Waals surface area contributed by atoms with Crippen molar-refractivity contribution in [1.29, 1.82) is 0 Å². The van der Waals surface area contributed by atoms with E-state index in [9.17, 15) is 18.0 Å². The summed E-state index contributed by atoms with van der Waals surface area (Å²) in [7, 11) is 0. The lowest BCUT2D eigenvalue weighted by molar-refractivity contribution is -0.137. The third kappa shape index (κ3) is 3.01. The zero-order valence-corrected chi connectivity index (χ0v) is 11.8. The van der Waals surface area contributed by atoms with Gasteiger partial charge in [0.2, 0.25) is 5.43 Å². The second-order valence-corrected chi connectivity index (χ2v) is 4.92. The average molecular weight is 316 g/mol. The molecule has 0 aliphatic heterocycles. The number of nitrogens with one attached hydrogen (secondary N) is 1. The minimum atomic E-state index is -4.47. The fourth-order valence-electron chi connectivity index (χ4n) is 2.28. The van der Waals surface area contributed by atoms with E-state index in [1.54, 1.807) is 24.3 Å². The summed E-state index contributed by atoms with van der Waals surface area (Å²) in [5.74, 6) is 0. The van der Waals surface area contributed by atoms with E-state index >= 15 is 0 Å². The summed E-state index contributed by atoms with van der Waals surface area (Å²) in [6.07, 6.45) is -3.03. The zero-order chi connectivity index (χ0) is 16.4. The number of H-pyrrole nitrogens is 1. The van der Waals surface area contributed by atoms with Gasteiger partial charge < -0.3 is 0 Å². The summed E-state index contributed by atoms with van der Waals surface area (Å²) in [5.41, 5.74) is -0.135. The summed E-state index contributed by atoms with van der Waals surface area (Å²) in [6, 6.07) is 13.4. The molecule has 23 heavy (non-hydrogen) atoms. The van der Waals surface area contributed by atoms with Crippen LogP contribution in [0.5, 0.6) is 0 Å². The van der Waals surface area contributed by atoms with Crippen molar-refractivity contribution in [2.45, 2.75) is 6.18 Å². The molecule has 0 saturated heterocycles. The predicted octanol–water partition coefficient (Wildman–Crippen LogP) is 4.12. The molecule has 116 valence electrons. The molecule has 3 aromatic rings. The molecule has 1 heterocycles. The second-order valence-electron chi connectivity index (χ2n) is 4.92. The summed E-state index contributed by atoms with van der Waals surface area (Å²) in [6.45, 7) is 0. The molecule has 1 N–H and O–H groups in total. The minimum absolute atomic E-state index is 0.0440. The number of aromatic amines is 1. The molecule has 0 bridgehead atoms. The van der Waals surface area contributed by atoms with Gasteiger partial charge in [-0.1, -0.05) is 42.5 Å². The topological polar surface area (TPSA) is 45.8 Å². The smallest absolute Gasteiger partial charge is 0.287 e. The fraction of sp³-hybridized carbons (Fsp3) is 0.0588. The molecule has 1 aromatic heterocycles. The first-order valence-corrected chi connectivity index (χ1v) is 6.78. The Kier molecular flexibility index (Phi) is 3.73. The number of nitrogens with zero attached hydrogens (tertiary/aromatic N) is 1. The Balaban J connectivity index is 2.14. The largest absolute Gasteiger partial charge is 0.416 e. The van der Waals surface area contributed by atoms with Gasteiger partial charge in [-0.15, -0.1) is 0 Å². The Morgan fingerprint density at radius 1 is 0.913 bits per heavy atom. The molecular formula is C17H11F3N2O. The number of rotatable bonds is 2. The first-order chi connectivity index (χ1) is 11.0. The van der Waals surface area contributed by atoms with Gasteiger partial charge in [0.25, 0.3) is 0 Å². The van der Waals surface area contributed by atoms with Crippen molar-refractivity contribution in [2.24, 2.45) is 0 Å². The van der Waals surface area contributed by atoms with Gasteiger partial charge in [0.15, 0.2) is 0 Å². The molecule has 3 rings (SSSR count). The molecule has 0 radical (unpaired) electrons. The van der Waals surface area contributed by atoms with Crippen LogP contribution >= 0.6 is 0 Å². The van der Waals surface area contributed by atoms with Crippen molar-refractivity contribution >= 4 is 0 Å².